The molecule has 1 aliphatic rings. The maximum absolute atomic E-state index is 12.6. The highest BCUT2D eigenvalue weighted by molar-refractivity contribution is 5.23. The van der Waals surface area contributed by atoms with Crippen molar-refractivity contribution >= 4 is 0 Å². The zero-order chi connectivity index (χ0) is 17.0. The summed E-state index contributed by atoms with van der Waals surface area (Å²) in [5.41, 5.74) is 1.64. The lowest BCUT2D eigenvalue weighted by atomic mass is 10.1. The molecule has 0 aliphatic carbocycles. The van der Waals surface area contributed by atoms with Gasteiger partial charge in [-0.2, -0.15) is 13.2 Å². The molecule has 1 aromatic heterocycles. The Morgan fingerprint density at radius 2 is 1.42 bits per heavy atom. The minimum atomic E-state index is -4.26. The molecule has 24 heavy (non-hydrogen) atoms. The molecule has 0 radical (unpaired) electrons. The van der Waals surface area contributed by atoms with Crippen molar-refractivity contribution < 1.29 is 23.0 Å². The normalized spacial score (nSPS) is 21.6. The van der Waals surface area contributed by atoms with E-state index < -0.39 is 11.7 Å². The summed E-state index contributed by atoms with van der Waals surface area (Å²) in [4.78, 5) is 7.12. The Labute approximate surface area is 139 Å². The van der Waals surface area contributed by atoms with E-state index in [4.69, 9.17) is 0 Å². The molecule has 0 amide bonds. The molecule has 1 fully saturated rings. The van der Waals surface area contributed by atoms with Crippen LogP contribution in [0.4, 0.5) is 13.2 Å². The van der Waals surface area contributed by atoms with E-state index >= 15 is 0 Å². The van der Waals surface area contributed by atoms with Crippen molar-refractivity contribution in [2.75, 3.05) is 26.2 Å². The molecule has 0 unspecified atom stereocenters. The molecule has 2 heterocycles. The first-order valence-electron chi connectivity index (χ1n) is 8.23. The van der Waals surface area contributed by atoms with Gasteiger partial charge in [-0.15, -0.1) is 0 Å². The standard InChI is InChI=1S/C18H20F3N3/c19-18(20,21)17-5-3-15(4-6-17)13-23-8-10-24(11-9-23)14-16-2-1-7-22-12-16/h1-7,12H,8-11,13-14H2/p+2. The molecule has 1 saturated heterocycles. The number of nitrogens with one attached hydrogen (secondary N) is 2. The second-order valence-electron chi connectivity index (χ2n) is 6.41. The van der Waals surface area contributed by atoms with E-state index in [1.807, 2.05) is 12.3 Å². The van der Waals surface area contributed by atoms with E-state index in [0.29, 0.717) is 0 Å². The average molecular weight is 337 g/mol. The van der Waals surface area contributed by atoms with Crippen LogP contribution in [0.1, 0.15) is 16.7 Å². The smallest absolute Gasteiger partial charge is 0.322 e. The second kappa shape index (κ2) is 7.32. The largest absolute Gasteiger partial charge is 0.416 e. The molecule has 128 valence electrons. The summed E-state index contributed by atoms with van der Waals surface area (Å²) in [6.07, 6.45) is -0.563. The third-order valence-electron chi connectivity index (χ3n) is 4.58. The predicted octanol–water partition coefficient (Wildman–Crippen LogP) is 0.584. The van der Waals surface area contributed by atoms with Gasteiger partial charge in [0.1, 0.15) is 39.3 Å². The number of halogens is 3. The van der Waals surface area contributed by atoms with E-state index in [0.717, 1.165) is 44.8 Å². The number of rotatable bonds is 4. The van der Waals surface area contributed by atoms with Crippen molar-refractivity contribution in [1.29, 1.82) is 0 Å². The number of hydrogen-bond donors (Lipinski definition) is 2. The number of benzene rings is 1. The van der Waals surface area contributed by atoms with E-state index in [-0.39, 0.29) is 0 Å². The van der Waals surface area contributed by atoms with Crippen molar-refractivity contribution in [2.45, 2.75) is 19.3 Å². The molecule has 0 bridgehead atoms. The third-order valence-corrected chi connectivity index (χ3v) is 4.58. The maximum atomic E-state index is 12.6. The first-order chi connectivity index (χ1) is 11.5. The van der Waals surface area contributed by atoms with Crippen molar-refractivity contribution in [3.63, 3.8) is 0 Å². The maximum Gasteiger partial charge on any atom is 0.416 e. The van der Waals surface area contributed by atoms with Gasteiger partial charge in [0.05, 0.1) is 5.56 Å². The Bertz CT molecular complexity index is 633. The van der Waals surface area contributed by atoms with Gasteiger partial charge in [0.2, 0.25) is 0 Å². The fourth-order valence-corrected chi connectivity index (χ4v) is 3.20. The molecule has 3 rings (SSSR count). The summed E-state index contributed by atoms with van der Waals surface area (Å²) in [7, 11) is 0. The van der Waals surface area contributed by atoms with Crippen LogP contribution < -0.4 is 9.80 Å². The van der Waals surface area contributed by atoms with Crippen molar-refractivity contribution in [2.24, 2.45) is 0 Å². The minimum Gasteiger partial charge on any atom is -0.322 e. The van der Waals surface area contributed by atoms with Gasteiger partial charge in [0, 0.05) is 23.5 Å². The number of pyridine rings is 1. The van der Waals surface area contributed by atoms with Crippen LogP contribution in [-0.4, -0.2) is 31.2 Å². The van der Waals surface area contributed by atoms with Gasteiger partial charge in [-0.25, -0.2) is 0 Å². The third kappa shape index (κ3) is 4.55. The number of alkyl halides is 3. The van der Waals surface area contributed by atoms with Crippen molar-refractivity contribution in [1.82, 2.24) is 4.98 Å². The zero-order valence-corrected chi connectivity index (χ0v) is 13.4. The van der Waals surface area contributed by atoms with Crippen LogP contribution in [0, 0.1) is 0 Å². The van der Waals surface area contributed by atoms with Crippen molar-refractivity contribution in [3.8, 4) is 0 Å². The summed E-state index contributed by atoms with van der Waals surface area (Å²) in [6.45, 7) is 6.00. The SMILES string of the molecule is FC(F)(F)c1ccc(C[NH+]2CC[NH+](Cc3cccnc3)CC2)cc1. The molecule has 6 heteroatoms. The number of quaternary nitrogens is 2. The topological polar surface area (TPSA) is 21.8 Å². The lowest BCUT2D eigenvalue weighted by Gasteiger charge is -2.29. The predicted molar refractivity (Wildman–Crippen MR) is 84.5 cm³/mol. The van der Waals surface area contributed by atoms with Crippen LogP contribution in [0.5, 0.6) is 0 Å². The van der Waals surface area contributed by atoms with Crippen LogP contribution in [0.3, 0.4) is 0 Å². The lowest BCUT2D eigenvalue weighted by molar-refractivity contribution is -1.02. The van der Waals surface area contributed by atoms with Crippen LogP contribution in [-0.2, 0) is 19.3 Å². The Hall–Kier alpha value is -1.92. The molecule has 3 nitrogen and oxygen atoms in total. The van der Waals surface area contributed by atoms with Crippen molar-refractivity contribution in [3.05, 3.63) is 65.5 Å². The first-order valence-corrected chi connectivity index (χ1v) is 8.23. The minimum absolute atomic E-state index is 0.577. The molecule has 2 aromatic rings. The number of piperazine rings is 1. The Balaban J connectivity index is 1.48. The van der Waals surface area contributed by atoms with E-state index in [1.54, 1.807) is 23.2 Å². The molecular weight excluding hydrogens is 315 g/mol. The van der Waals surface area contributed by atoms with Gasteiger partial charge in [0.25, 0.3) is 0 Å². The highest BCUT2D eigenvalue weighted by atomic mass is 19.4. The molecule has 0 spiro atoms. The summed E-state index contributed by atoms with van der Waals surface area (Å²) in [5, 5.41) is 0. The lowest BCUT2D eigenvalue weighted by Crippen LogP contribution is -3.27. The average Bonchev–Trinajstić information content (AvgIpc) is 2.57. The van der Waals surface area contributed by atoms with Gasteiger partial charge >= 0.3 is 6.18 Å². The Morgan fingerprint density at radius 3 is 1.92 bits per heavy atom. The fraction of sp³-hybridized carbons (Fsp3) is 0.389. The number of hydrogen-bond acceptors (Lipinski definition) is 1. The monoisotopic (exact) mass is 337 g/mol. The number of nitrogens with zero attached hydrogens (tertiary/aromatic N) is 1. The highest BCUT2D eigenvalue weighted by Gasteiger charge is 2.30. The quantitative estimate of drug-likeness (QED) is 0.837. The second-order valence-corrected chi connectivity index (χ2v) is 6.41. The van der Waals surface area contributed by atoms with Crippen LogP contribution in [0.25, 0.3) is 0 Å². The molecular formula is C18H22F3N3+2. The van der Waals surface area contributed by atoms with Gasteiger partial charge in [-0.3, -0.25) is 4.98 Å². The summed E-state index contributed by atoms with van der Waals surface area (Å²) >= 11 is 0. The van der Waals surface area contributed by atoms with Gasteiger partial charge in [-0.05, 0) is 18.2 Å². The van der Waals surface area contributed by atoms with E-state index in [2.05, 4.69) is 11.1 Å². The molecule has 0 saturated carbocycles. The molecule has 1 aliphatic heterocycles. The van der Waals surface area contributed by atoms with Crippen LogP contribution >= 0.6 is 0 Å². The van der Waals surface area contributed by atoms with Crippen LogP contribution in [0.15, 0.2) is 48.8 Å². The van der Waals surface area contributed by atoms with Gasteiger partial charge < -0.3 is 9.80 Å². The molecule has 2 N–H and O–H groups in total. The summed E-state index contributed by atoms with van der Waals surface area (Å²) in [5.74, 6) is 0. The molecule has 0 atom stereocenters. The zero-order valence-electron chi connectivity index (χ0n) is 13.4. The summed E-state index contributed by atoms with van der Waals surface area (Å²) in [6, 6.07) is 9.62. The van der Waals surface area contributed by atoms with Crippen LogP contribution in [0.2, 0.25) is 0 Å². The Kier molecular flexibility index (Phi) is 5.16. The van der Waals surface area contributed by atoms with E-state index in [1.165, 1.54) is 22.6 Å². The van der Waals surface area contributed by atoms with E-state index in [9.17, 15) is 13.2 Å². The Morgan fingerprint density at radius 1 is 0.833 bits per heavy atom. The molecule has 1 aromatic carbocycles. The summed E-state index contributed by atoms with van der Waals surface area (Å²) < 4.78 is 37.8. The van der Waals surface area contributed by atoms with Gasteiger partial charge in [0.15, 0.2) is 0 Å². The fourth-order valence-electron chi connectivity index (χ4n) is 3.20. The first kappa shape index (κ1) is 16.9. The highest BCUT2D eigenvalue weighted by Crippen LogP contribution is 2.28. The van der Waals surface area contributed by atoms with Gasteiger partial charge in [-0.1, -0.05) is 18.2 Å². The number of aromatic nitrogens is 1.